The molecule has 0 atom stereocenters. The largest absolute Gasteiger partial charge is 0.504 e. The maximum absolute atomic E-state index is 12.3. The number of rotatable bonds is 4. The Kier molecular flexibility index (Phi) is 4.59. The summed E-state index contributed by atoms with van der Waals surface area (Å²) in [5.74, 6) is 0.276. The second kappa shape index (κ2) is 6.41. The van der Waals surface area contributed by atoms with Gasteiger partial charge in [-0.2, -0.15) is 0 Å². The molecule has 110 valence electrons. The highest BCUT2D eigenvalue weighted by Crippen LogP contribution is 2.26. The van der Waals surface area contributed by atoms with Crippen LogP contribution in [0.4, 0.5) is 0 Å². The molecule has 21 heavy (non-hydrogen) atoms. The Morgan fingerprint density at radius 3 is 2.81 bits per heavy atom. The highest BCUT2D eigenvalue weighted by Gasteiger charge is 2.14. The van der Waals surface area contributed by atoms with Crippen molar-refractivity contribution < 1.29 is 14.6 Å². The number of benzene rings is 1. The maximum atomic E-state index is 12.3. The second-order valence-electron chi connectivity index (χ2n) is 4.58. The summed E-state index contributed by atoms with van der Waals surface area (Å²) in [7, 11) is 3.17. The summed E-state index contributed by atoms with van der Waals surface area (Å²) < 4.78 is 5.40. The lowest BCUT2D eigenvalue weighted by atomic mass is 10.1. The lowest BCUT2D eigenvalue weighted by molar-refractivity contribution is 0.0784. The Bertz CT molecular complexity index is 712. The van der Waals surface area contributed by atoms with E-state index >= 15 is 0 Å². The Morgan fingerprint density at radius 2 is 2.19 bits per heavy atom. The van der Waals surface area contributed by atoms with Crippen LogP contribution < -0.4 is 4.74 Å². The number of aromatic nitrogens is 1. The fourth-order valence-electron chi connectivity index (χ4n) is 1.98. The van der Waals surface area contributed by atoms with Gasteiger partial charge in [0.2, 0.25) is 0 Å². The molecule has 1 aromatic heterocycles. The van der Waals surface area contributed by atoms with Crippen LogP contribution in [0, 0.1) is 4.64 Å². The van der Waals surface area contributed by atoms with Gasteiger partial charge in [0.25, 0.3) is 5.91 Å². The van der Waals surface area contributed by atoms with Crippen molar-refractivity contribution in [2.24, 2.45) is 0 Å². The number of aromatic hydroxyl groups is 1. The van der Waals surface area contributed by atoms with E-state index in [0.29, 0.717) is 22.5 Å². The van der Waals surface area contributed by atoms with Crippen molar-refractivity contribution in [3.8, 4) is 11.5 Å². The number of aromatic amines is 1. The SMILES string of the molecule is COc1ccc(CN(C)C(=O)c2ccc[nH]c2=S)cc1O. The van der Waals surface area contributed by atoms with E-state index in [1.807, 2.05) is 0 Å². The number of nitrogens with one attached hydrogen (secondary N) is 1. The molecule has 0 bridgehead atoms. The number of phenols is 1. The molecule has 2 rings (SSSR count). The van der Waals surface area contributed by atoms with E-state index in [1.165, 1.54) is 7.11 Å². The summed E-state index contributed by atoms with van der Waals surface area (Å²) in [4.78, 5) is 16.7. The molecule has 0 saturated carbocycles. The first kappa shape index (κ1) is 15.1. The first-order valence-corrected chi connectivity index (χ1v) is 6.73. The number of hydrogen-bond donors (Lipinski definition) is 2. The zero-order chi connectivity index (χ0) is 15.4. The van der Waals surface area contributed by atoms with E-state index in [2.05, 4.69) is 4.98 Å². The van der Waals surface area contributed by atoms with Gasteiger partial charge in [-0.3, -0.25) is 4.79 Å². The Hall–Kier alpha value is -2.34. The third-order valence-electron chi connectivity index (χ3n) is 3.06. The molecule has 5 nitrogen and oxygen atoms in total. The molecule has 2 aromatic rings. The molecule has 0 spiro atoms. The Labute approximate surface area is 127 Å². The molecule has 0 aliphatic carbocycles. The van der Waals surface area contributed by atoms with E-state index in [1.54, 1.807) is 48.5 Å². The van der Waals surface area contributed by atoms with E-state index in [0.717, 1.165) is 5.56 Å². The second-order valence-corrected chi connectivity index (χ2v) is 4.99. The number of ether oxygens (including phenoxy) is 1. The van der Waals surface area contributed by atoms with Crippen molar-refractivity contribution in [3.05, 3.63) is 52.3 Å². The number of phenolic OH excluding ortho intramolecular Hbond substituents is 1. The maximum Gasteiger partial charge on any atom is 0.256 e. The summed E-state index contributed by atoms with van der Waals surface area (Å²) >= 11 is 5.11. The highest BCUT2D eigenvalue weighted by molar-refractivity contribution is 7.71. The number of pyridine rings is 1. The van der Waals surface area contributed by atoms with Gasteiger partial charge in [0.05, 0.1) is 12.7 Å². The van der Waals surface area contributed by atoms with Crippen molar-refractivity contribution >= 4 is 18.1 Å². The molecule has 0 fully saturated rings. The van der Waals surface area contributed by atoms with Crippen LogP contribution in [0.1, 0.15) is 15.9 Å². The van der Waals surface area contributed by atoms with Gasteiger partial charge < -0.3 is 19.7 Å². The third kappa shape index (κ3) is 3.41. The fourth-order valence-corrected chi connectivity index (χ4v) is 2.20. The lowest BCUT2D eigenvalue weighted by Gasteiger charge is -2.17. The van der Waals surface area contributed by atoms with Crippen LogP contribution in [0.5, 0.6) is 11.5 Å². The van der Waals surface area contributed by atoms with Crippen LogP contribution in [-0.2, 0) is 6.54 Å². The smallest absolute Gasteiger partial charge is 0.256 e. The van der Waals surface area contributed by atoms with Crippen LogP contribution in [0.25, 0.3) is 0 Å². The molecule has 0 aliphatic rings. The predicted octanol–water partition coefficient (Wildman–Crippen LogP) is 2.73. The van der Waals surface area contributed by atoms with E-state index < -0.39 is 0 Å². The minimum Gasteiger partial charge on any atom is -0.504 e. The third-order valence-corrected chi connectivity index (χ3v) is 3.40. The van der Waals surface area contributed by atoms with Gasteiger partial charge in [0, 0.05) is 19.8 Å². The fraction of sp³-hybridized carbons (Fsp3) is 0.200. The number of H-pyrrole nitrogens is 1. The van der Waals surface area contributed by atoms with E-state index in [4.69, 9.17) is 17.0 Å². The first-order valence-electron chi connectivity index (χ1n) is 6.32. The number of carbonyl (C=O) groups excluding carboxylic acids is 1. The van der Waals surface area contributed by atoms with Gasteiger partial charge in [-0.15, -0.1) is 0 Å². The molecular weight excluding hydrogens is 288 g/mol. The topological polar surface area (TPSA) is 65.6 Å². The Balaban J connectivity index is 2.16. The zero-order valence-corrected chi connectivity index (χ0v) is 12.6. The standard InChI is InChI=1S/C15H16N2O3S/c1-17(15(19)11-4-3-7-16-14(11)21)9-10-5-6-13(20-2)12(18)8-10/h3-8,18H,9H2,1-2H3,(H,16,21). The van der Waals surface area contributed by atoms with Gasteiger partial charge >= 0.3 is 0 Å². The Morgan fingerprint density at radius 1 is 1.43 bits per heavy atom. The molecule has 1 heterocycles. The monoisotopic (exact) mass is 304 g/mol. The normalized spacial score (nSPS) is 10.2. The average Bonchev–Trinajstić information content (AvgIpc) is 2.47. The minimum atomic E-state index is -0.174. The molecule has 1 aromatic carbocycles. The molecule has 0 saturated heterocycles. The number of nitrogens with zero attached hydrogens (tertiary/aromatic N) is 1. The molecule has 2 N–H and O–H groups in total. The average molecular weight is 304 g/mol. The van der Waals surface area contributed by atoms with Crippen LogP contribution in [0.3, 0.4) is 0 Å². The van der Waals surface area contributed by atoms with Gasteiger partial charge in [-0.05, 0) is 29.8 Å². The molecule has 0 radical (unpaired) electrons. The van der Waals surface area contributed by atoms with E-state index in [9.17, 15) is 9.90 Å². The van der Waals surface area contributed by atoms with Crippen LogP contribution in [0.15, 0.2) is 36.5 Å². The summed E-state index contributed by atoms with van der Waals surface area (Å²) in [6, 6.07) is 8.46. The first-order chi connectivity index (χ1) is 10.0. The summed E-state index contributed by atoms with van der Waals surface area (Å²) in [6.07, 6.45) is 1.68. The number of carbonyl (C=O) groups is 1. The number of methoxy groups -OCH3 is 1. The summed E-state index contributed by atoms with van der Waals surface area (Å²) in [5.41, 5.74) is 1.25. The number of amides is 1. The van der Waals surface area contributed by atoms with Crippen molar-refractivity contribution in [2.75, 3.05) is 14.2 Å². The molecule has 0 unspecified atom stereocenters. The van der Waals surface area contributed by atoms with Crippen LogP contribution in [0.2, 0.25) is 0 Å². The minimum absolute atomic E-state index is 0.0489. The zero-order valence-electron chi connectivity index (χ0n) is 11.8. The van der Waals surface area contributed by atoms with Gasteiger partial charge in [0.15, 0.2) is 11.5 Å². The van der Waals surface area contributed by atoms with Crippen molar-refractivity contribution in [1.82, 2.24) is 9.88 Å². The number of hydrogen-bond acceptors (Lipinski definition) is 4. The molecule has 6 heteroatoms. The molecule has 0 aliphatic heterocycles. The van der Waals surface area contributed by atoms with Gasteiger partial charge in [-0.25, -0.2) is 0 Å². The molecular formula is C15H16N2O3S. The molecule has 1 amide bonds. The van der Waals surface area contributed by atoms with Crippen molar-refractivity contribution in [3.63, 3.8) is 0 Å². The lowest BCUT2D eigenvalue weighted by Crippen LogP contribution is -2.26. The van der Waals surface area contributed by atoms with Crippen molar-refractivity contribution in [2.45, 2.75) is 6.54 Å². The predicted molar refractivity (Wildman–Crippen MR) is 82.1 cm³/mol. The van der Waals surface area contributed by atoms with Crippen LogP contribution in [-0.4, -0.2) is 35.1 Å². The van der Waals surface area contributed by atoms with Gasteiger partial charge in [0.1, 0.15) is 4.64 Å². The van der Waals surface area contributed by atoms with Crippen molar-refractivity contribution in [1.29, 1.82) is 0 Å². The summed E-state index contributed by atoms with van der Waals surface area (Å²) in [6.45, 7) is 0.361. The quantitative estimate of drug-likeness (QED) is 0.852. The van der Waals surface area contributed by atoms with Gasteiger partial charge in [-0.1, -0.05) is 18.3 Å². The van der Waals surface area contributed by atoms with E-state index in [-0.39, 0.29) is 11.7 Å². The summed E-state index contributed by atoms with van der Waals surface area (Å²) in [5, 5.41) is 9.75. The van der Waals surface area contributed by atoms with Crippen LogP contribution >= 0.6 is 12.2 Å². The highest BCUT2D eigenvalue weighted by atomic mass is 32.1.